The Kier molecular flexibility index (Phi) is 4.25. The highest BCUT2D eigenvalue weighted by Gasteiger charge is 2.15. The first-order valence-corrected chi connectivity index (χ1v) is 7.08. The van der Waals surface area contributed by atoms with Crippen LogP contribution in [0.4, 0.5) is 5.69 Å². The minimum atomic E-state index is -0.251. The number of hydrogen-bond acceptors (Lipinski definition) is 4. The minimum absolute atomic E-state index is 0.251. The van der Waals surface area contributed by atoms with Crippen molar-refractivity contribution in [3.8, 4) is 11.5 Å². The molecule has 1 aliphatic rings. The molecule has 1 aliphatic heterocycles. The number of anilines is 1. The van der Waals surface area contributed by atoms with E-state index in [-0.39, 0.29) is 5.91 Å². The van der Waals surface area contributed by atoms with Crippen molar-refractivity contribution in [2.24, 2.45) is 0 Å². The number of nitrogens with one attached hydrogen (secondary N) is 1. The Hall–Kier alpha value is -2.53. The van der Waals surface area contributed by atoms with E-state index in [0.29, 0.717) is 35.4 Å². The second-order valence-corrected chi connectivity index (χ2v) is 5.00. The minimum Gasteiger partial charge on any atom is -0.486 e. The number of hydrogen-bond donors (Lipinski definition) is 1. The van der Waals surface area contributed by atoms with E-state index in [0.717, 1.165) is 5.56 Å². The molecule has 2 heterocycles. The number of nitrogens with zero attached hydrogens (tertiary/aromatic N) is 1. The molecule has 6 heteroatoms. The molecule has 1 aromatic carbocycles. The lowest BCUT2D eigenvalue weighted by molar-refractivity contribution is -0.111. The van der Waals surface area contributed by atoms with Gasteiger partial charge in [-0.2, -0.15) is 0 Å². The average molecular weight is 317 g/mol. The molecule has 0 bridgehead atoms. The summed E-state index contributed by atoms with van der Waals surface area (Å²) in [5, 5.41) is 3.17. The van der Waals surface area contributed by atoms with Gasteiger partial charge in [-0.1, -0.05) is 11.6 Å². The molecule has 0 unspecified atom stereocenters. The average Bonchev–Trinajstić information content (AvgIpc) is 2.54. The van der Waals surface area contributed by atoms with Crippen LogP contribution in [-0.2, 0) is 4.79 Å². The molecule has 112 valence electrons. The molecular formula is C16H13ClN2O3. The van der Waals surface area contributed by atoms with Crippen LogP contribution in [-0.4, -0.2) is 24.1 Å². The molecule has 22 heavy (non-hydrogen) atoms. The summed E-state index contributed by atoms with van der Waals surface area (Å²) in [6, 6.07) is 7.02. The molecule has 5 nitrogen and oxygen atoms in total. The molecule has 1 aromatic heterocycles. The molecule has 0 aliphatic carbocycles. The third-order valence-corrected chi connectivity index (χ3v) is 3.26. The zero-order valence-corrected chi connectivity index (χ0v) is 12.3. The largest absolute Gasteiger partial charge is 0.486 e. The molecule has 2 aromatic rings. The van der Waals surface area contributed by atoms with Crippen LogP contribution in [0.3, 0.4) is 0 Å². The SMILES string of the molecule is O=C(/C=C/c1cc(Cl)c2c(c1)OCCO2)Nc1cccnc1. The number of benzene rings is 1. The van der Waals surface area contributed by atoms with Gasteiger partial charge in [0.1, 0.15) is 13.2 Å². The highest BCUT2D eigenvalue weighted by Crippen LogP contribution is 2.38. The van der Waals surface area contributed by atoms with Crippen LogP contribution < -0.4 is 14.8 Å². The molecule has 0 atom stereocenters. The summed E-state index contributed by atoms with van der Waals surface area (Å²) in [6.07, 6.45) is 6.31. The van der Waals surface area contributed by atoms with Gasteiger partial charge in [0.15, 0.2) is 11.5 Å². The Bertz CT molecular complexity index is 717. The molecule has 0 fully saturated rings. The summed E-state index contributed by atoms with van der Waals surface area (Å²) in [7, 11) is 0. The van der Waals surface area contributed by atoms with Gasteiger partial charge in [-0.3, -0.25) is 9.78 Å². The fraction of sp³-hybridized carbons (Fsp3) is 0.125. The van der Waals surface area contributed by atoms with Crippen LogP contribution in [0.25, 0.3) is 6.08 Å². The highest BCUT2D eigenvalue weighted by molar-refractivity contribution is 6.32. The number of aromatic nitrogens is 1. The quantitative estimate of drug-likeness (QED) is 0.884. The lowest BCUT2D eigenvalue weighted by Crippen LogP contribution is -2.15. The first-order valence-electron chi connectivity index (χ1n) is 6.70. The van der Waals surface area contributed by atoms with Gasteiger partial charge in [0.2, 0.25) is 5.91 Å². The van der Waals surface area contributed by atoms with E-state index in [1.54, 1.807) is 42.7 Å². The number of rotatable bonds is 3. The summed E-state index contributed by atoms with van der Waals surface area (Å²) < 4.78 is 10.9. The van der Waals surface area contributed by atoms with E-state index in [1.807, 2.05) is 0 Å². The molecule has 0 spiro atoms. The third-order valence-electron chi connectivity index (χ3n) is 2.98. The zero-order valence-electron chi connectivity index (χ0n) is 11.6. The number of carbonyl (C=O) groups is 1. The van der Waals surface area contributed by atoms with Crippen molar-refractivity contribution in [3.05, 3.63) is 53.3 Å². The zero-order chi connectivity index (χ0) is 15.4. The van der Waals surface area contributed by atoms with Crippen LogP contribution in [0.15, 0.2) is 42.7 Å². The van der Waals surface area contributed by atoms with E-state index < -0.39 is 0 Å². The van der Waals surface area contributed by atoms with Crippen molar-refractivity contribution in [2.75, 3.05) is 18.5 Å². The van der Waals surface area contributed by atoms with Crippen LogP contribution >= 0.6 is 11.6 Å². The second-order valence-electron chi connectivity index (χ2n) is 4.59. The molecular weight excluding hydrogens is 304 g/mol. The smallest absolute Gasteiger partial charge is 0.248 e. The number of amides is 1. The first-order chi connectivity index (χ1) is 10.7. The van der Waals surface area contributed by atoms with Crippen molar-refractivity contribution in [1.29, 1.82) is 0 Å². The fourth-order valence-corrected chi connectivity index (χ4v) is 2.29. The van der Waals surface area contributed by atoms with Gasteiger partial charge in [0.25, 0.3) is 0 Å². The van der Waals surface area contributed by atoms with E-state index in [9.17, 15) is 4.79 Å². The normalized spacial score (nSPS) is 13.1. The standard InChI is InChI=1S/C16H13ClN2O3/c17-13-8-11(9-14-16(13)22-7-6-21-14)3-4-15(20)19-12-2-1-5-18-10-12/h1-5,8-10H,6-7H2,(H,19,20)/b4-3+. The maximum atomic E-state index is 11.8. The van der Waals surface area contributed by atoms with Crippen molar-refractivity contribution in [2.45, 2.75) is 0 Å². The number of fused-ring (bicyclic) bond motifs is 1. The second kappa shape index (κ2) is 6.49. The number of halogens is 1. The van der Waals surface area contributed by atoms with Crippen LogP contribution in [0.2, 0.25) is 5.02 Å². The van der Waals surface area contributed by atoms with Gasteiger partial charge in [-0.05, 0) is 35.9 Å². The van der Waals surface area contributed by atoms with Crippen LogP contribution in [0.5, 0.6) is 11.5 Å². The van der Waals surface area contributed by atoms with E-state index in [4.69, 9.17) is 21.1 Å². The van der Waals surface area contributed by atoms with Crippen LogP contribution in [0.1, 0.15) is 5.56 Å². The fourth-order valence-electron chi connectivity index (χ4n) is 2.02. The Morgan fingerprint density at radius 3 is 3.00 bits per heavy atom. The van der Waals surface area contributed by atoms with Crippen molar-refractivity contribution in [3.63, 3.8) is 0 Å². The molecule has 1 amide bonds. The number of pyridine rings is 1. The Morgan fingerprint density at radius 2 is 2.18 bits per heavy atom. The van der Waals surface area contributed by atoms with E-state index >= 15 is 0 Å². The van der Waals surface area contributed by atoms with Crippen LogP contribution in [0, 0.1) is 0 Å². The van der Waals surface area contributed by atoms with E-state index in [2.05, 4.69) is 10.3 Å². The Labute approximate surface area is 132 Å². The molecule has 1 N–H and O–H groups in total. The third kappa shape index (κ3) is 3.38. The maximum Gasteiger partial charge on any atom is 0.248 e. The Balaban J connectivity index is 1.72. The Morgan fingerprint density at radius 1 is 1.32 bits per heavy atom. The van der Waals surface area contributed by atoms with Crippen molar-refractivity contribution < 1.29 is 14.3 Å². The summed E-state index contributed by atoms with van der Waals surface area (Å²) in [4.78, 5) is 15.8. The predicted molar refractivity (Wildman–Crippen MR) is 84.3 cm³/mol. The van der Waals surface area contributed by atoms with Gasteiger partial charge in [0, 0.05) is 12.3 Å². The summed E-state index contributed by atoms with van der Waals surface area (Å²) in [5.74, 6) is 0.884. The predicted octanol–water partition coefficient (Wildman–Crippen LogP) is 3.16. The lowest BCUT2D eigenvalue weighted by Gasteiger charge is -2.19. The number of carbonyl (C=O) groups excluding carboxylic acids is 1. The lowest BCUT2D eigenvalue weighted by atomic mass is 10.1. The summed E-state index contributed by atoms with van der Waals surface area (Å²) >= 11 is 6.14. The monoisotopic (exact) mass is 316 g/mol. The van der Waals surface area contributed by atoms with Gasteiger partial charge in [-0.15, -0.1) is 0 Å². The molecule has 0 saturated heterocycles. The molecule has 3 rings (SSSR count). The topological polar surface area (TPSA) is 60.5 Å². The number of ether oxygens (including phenoxy) is 2. The summed E-state index contributed by atoms with van der Waals surface area (Å²) in [5.41, 5.74) is 1.40. The van der Waals surface area contributed by atoms with Gasteiger partial charge >= 0.3 is 0 Å². The molecule has 0 saturated carbocycles. The molecule has 0 radical (unpaired) electrons. The maximum absolute atomic E-state index is 11.8. The first kappa shape index (κ1) is 14.4. The van der Waals surface area contributed by atoms with Crippen molar-refractivity contribution in [1.82, 2.24) is 4.98 Å². The van der Waals surface area contributed by atoms with Gasteiger partial charge in [-0.25, -0.2) is 0 Å². The summed E-state index contributed by atoms with van der Waals surface area (Å²) in [6.45, 7) is 0.966. The highest BCUT2D eigenvalue weighted by atomic mass is 35.5. The van der Waals surface area contributed by atoms with E-state index in [1.165, 1.54) is 6.08 Å². The van der Waals surface area contributed by atoms with Crippen molar-refractivity contribution >= 4 is 29.3 Å². The van der Waals surface area contributed by atoms with Gasteiger partial charge < -0.3 is 14.8 Å². The van der Waals surface area contributed by atoms with Gasteiger partial charge in [0.05, 0.1) is 16.9 Å².